The van der Waals surface area contributed by atoms with Crippen molar-refractivity contribution in [2.45, 2.75) is 12.5 Å². The van der Waals surface area contributed by atoms with Gasteiger partial charge in [-0.15, -0.1) is 0 Å². The Morgan fingerprint density at radius 3 is 2.91 bits per heavy atom. The predicted molar refractivity (Wildman–Crippen MR) is 88.5 cm³/mol. The SMILES string of the molecule is COC(=O)[C@@H]1C=C2c3cccc4[nH]c(OC)c(c34)C[C@H]2N(C)C1. The molecule has 5 nitrogen and oxygen atoms in total. The van der Waals surface area contributed by atoms with Gasteiger partial charge in [0.25, 0.3) is 0 Å². The number of hydrogen-bond donors (Lipinski definition) is 1. The Kier molecular flexibility index (Phi) is 3.20. The number of methoxy groups -OCH3 is 2. The molecule has 1 aliphatic heterocycles. The van der Waals surface area contributed by atoms with Crippen molar-refractivity contribution in [3.63, 3.8) is 0 Å². The van der Waals surface area contributed by atoms with Crippen LogP contribution in [0, 0.1) is 5.92 Å². The largest absolute Gasteiger partial charge is 0.482 e. The second kappa shape index (κ2) is 5.13. The molecule has 0 bridgehead atoms. The first-order valence-corrected chi connectivity index (χ1v) is 7.81. The molecule has 0 radical (unpaired) electrons. The van der Waals surface area contributed by atoms with Crippen molar-refractivity contribution in [3.05, 3.63) is 35.4 Å². The van der Waals surface area contributed by atoms with E-state index < -0.39 is 0 Å². The second-order valence-corrected chi connectivity index (χ2v) is 6.28. The number of aromatic nitrogens is 1. The maximum atomic E-state index is 12.0. The Balaban J connectivity index is 1.93. The van der Waals surface area contributed by atoms with Gasteiger partial charge < -0.3 is 14.5 Å². The summed E-state index contributed by atoms with van der Waals surface area (Å²) in [6, 6.07) is 6.50. The van der Waals surface area contributed by atoms with Crippen molar-refractivity contribution in [2.24, 2.45) is 5.92 Å². The van der Waals surface area contributed by atoms with Gasteiger partial charge >= 0.3 is 5.97 Å². The molecule has 0 spiro atoms. The summed E-state index contributed by atoms with van der Waals surface area (Å²) in [6.45, 7) is 0.679. The molecule has 1 aromatic heterocycles. The van der Waals surface area contributed by atoms with E-state index in [0.29, 0.717) is 6.54 Å². The molecule has 2 atom stereocenters. The summed E-state index contributed by atoms with van der Waals surface area (Å²) in [6.07, 6.45) is 2.98. The highest BCUT2D eigenvalue weighted by Gasteiger charge is 2.37. The maximum absolute atomic E-state index is 12.0. The fraction of sp³-hybridized carbons (Fsp3) is 0.389. The van der Waals surface area contributed by atoms with Gasteiger partial charge in [-0.1, -0.05) is 18.2 Å². The van der Waals surface area contributed by atoms with Gasteiger partial charge in [0.1, 0.15) is 0 Å². The first-order valence-electron chi connectivity index (χ1n) is 7.81. The van der Waals surface area contributed by atoms with Crippen LogP contribution in [-0.4, -0.2) is 49.7 Å². The molecule has 23 heavy (non-hydrogen) atoms. The Labute approximate surface area is 134 Å². The fourth-order valence-electron chi connectivity index (χ4n) is 3.98. The minimum atomic E-state index is -0.214. The number of carbonyl (C=O) groups is 1. The van der Waals surface area contributed by atoms with Gasteiger partial charge in [-0.05, 0) is 30.7 Å². The minimum Gasteiger partial charge on any atom is -0.482 e. The van der Waals surface area contributed by atoms with Crippen molar-refractivity contribution in [2.75, 3.05) is 27.8 Å². The third kappa shape index (κ3) is 2.00. The number of H-pyrrole nitrogens is 1. The molecule has 120 valence electrons. The number of likely N-dealkylation sites (N-methyl/N-ethyl adjacent to an activating group) is 1. The van der Waals surface area contributed by atoms with E-state index in [0.717, 1.165) is 17.8 Å². The van der Waals surface area contributed by atoms with E-state index in [1.807, 2.05) is 6.07 Å². The van der Waals surface area contributed by atoms with Crippen LogP contribution in [0.1, 0.15) is 11.1 Å². The van der Waals surface area contributed by atoms with Crippen LogP contribution in [0.5, 0.6) is 5.88 Å². The smallest absolute Gasteiger partial charge is 0.313 e. The van der Waals surface area contributed by atoms with E-state index in [1.54, 1.807) is 7.11 Å². The molecule has 0 fully saturated rings. The molecule has 2 heterocycles. The molecule has 2 aromatic rings. The molecule has 0 unspecified atom stereocenters. The summed E-state index contributed by atoms with van der Waals surface area (Å²) in [5, 5.41) is 1.21. The number of nitrogens with one attached hydrogen (secondary N) is 1. The lowest BCUT2D eigenvalue weighted by Crippen LogP contribution is -2.44. The highest BCUT2D eigenvalue weighted by molar-refractivity contribution is 6.00. The molecular weight excluding hydrogens is 292 g/mol. The van der Waals surface area contributed by atoms with Gasteiger partial charge in [0.05, 0.1) is 20.1 Å². The molecule has 0 saturated carbocycles. The van der Waals surface area contributed by atoms with Crippen LogP contribution in [0.2, 0.25) is 0 Å². The van der Waals surface area contributed by atoms with Crippen LogP contribution < -0.4 is 4.74 Å². The topological polar surface area (TPSA) is 54.6 Å². The number of aromatic amines is 1. The molecule has 0 saturated heterocycles. The standard InChI is InChI=1S/C18H20N2O3/c1-20-9-10(18(21)23-3)7-12-11-5-4-6-14-16(11)13(8-15(12)20)17(19-14)22-2/h4-7,10,15,19H,8-9H2,1-3H3/t10-,15-/m1/s1. The first kappa shape index (κ1) is 14.3. The van der Waals surface area contributed by atoms with Crippen LogP contribution >= 0.6 is 0 Å². The zero-order chi connectivity index (χ0) is 16.1. The average molecular weight is 312 g/mol. The van der Waals surface area contributed by atoms with E-state index in [4.69, 9.17) is 9.47 Å². The number of benzene rings is 1. The summed E-state index contributed by atoms with van der Waals surface area (Å²) in [5.41, 5.74) is 4.71. The highest BCUT2D eigenvalue weighted by Crippen LogP contribution is 2.44. The van der Waals surface area contributed by atoms with Crippen molar-refractivity contribution < 1.29 is 14.3 Å². The summed E-state index contributed by atoms with van der Waals surface area (Å²) in [4.78, 5) is 17.6. The molecule has 5 heteroatoms. The lowest BCUT2D eigenvalue weighted by molar-refractivity contribution is -0.144. The van der Waals surface area contributed by atoms with E-state index in [1.165, 1.54) is 29.2 Å². The Bertz CT molecular complexity index is 821. The number of ether oxygens (including phenoxy) is 2. The van der Waals surface area contributed by atoms with Gasteiger partial charge in [0.2, 0.25) is 0 Å². The lowest BCUT2D eigenvalue weighted by atomic mass is 9.80. The van der Waals surface area contributed by atoms with Gasteiger partial charge in [0.15, 0.2) is 5.88 Å². The summed E-state index contributed by atoms with van der Waals surface area (Å²) in [7, 11) is 5.21. The number of hydrogen-bond acceptors (Lipinski definition) is 4. The first-order chi connectivity index (χ1) is 11.1. The van der Waals surface area contributed by atoms with Crippen molar-refractivity contribution in [3.8, 4) is 5.88 Å². The number of fused-ring (bicyclic) bond motifs is 2. The third-order valence-electron chi connectivity index (χ3n) is 5.06. The zero-order valence-electron chi connectivity index (χ0n) is 13.6. The normalized spacial score (nSPS) is 23.3. The van der Waals surface area contributed by atoms with E-state index >= 15 is 0 Å². The van der Waals surface area contributed by atoms with Crippen molar-refractivity contribution >= 4 is 22.4 Å². The Morgan fingerprint density at radius 1 is 1.35 bits per heavy atom. The molecule has 4 rings (SSSR count). The summed E-state index contributed by atoms with van der Waals surface area (Å²) >= 11 is 0. The average Bonchev–Trinajstić information content (AvgIpc) is 2.94. The number of nitrogens with zero attached hydrogens (tertiary/aromatic N) is 1. The zero-order valence-corrected chi connectivity index (χ0v) is 13.6. The molecule has 0 amide bonds. The molecular formula is C18H20N2O3. The van der Waals surface area contributed by atoms with E-state index in [2.05, 4.69) is 35.1 Å². The minimum absolute atomic E-state index is 0.174. The highest BCUT2D eigenvalue weighted by atomic mass is 16.5. The fourth-order valence-corrected chi connectivity index (χ4v) is 3.98. The number of rotatable bonds is 2. The van der Waals surface area contributed by atoms with E-state index in [9.17, 15) is 4.79 Å². The number of esters is 1. The third-order valence-corrected chi connectivity index (χ3v) is 5.06. The van der Waals surface area contributed by atoms with Gasteiger partial charge in [-0.3, -0.25) is 9.69 Å². The molecule has 2 aliphatic rings. The van der Waals surface area contributed by atoms with Crippen molar-refractivity contribution in [1.82, 2.24) is 9.88 Å². The summed E-state index contributed by atoms with van der Waals surface area (Å²) < 4.78 is 10.5. The van der Waals surface area contributed by atoms with Crippen LogP contribution in [0.15, 0.2) is 24.3 Å². The van der Waals surface area contributed by atoms with Gasteiger partial charge in [0, 0.05) is 29.1 Å². The predicted octanol–water partition coefficient (Wildman–Crippen LogP) is 2.22. The monoisotopic (exact) mass is 312 g/mol. The van der Waals surface area contributed by atoms with E-state index in [-0.39, 0.29) is 17.9 Å². The Morgan fingerprint density at radius 2 is 2.17 bits per heavy atom. The molecule has 1 aliphatic carbocycles. The van der Waals surface area contributed by atoms with Crippen LogP contribution in [-0.2, 0) is 16.0 Å². The van der Waals surface area contributed by atoms with Gasteiger partial charge in [-0.25, -0.2) is 0 Å². The second-order valence-electron chi connectivity index (χ2n) is 6.28. The molecule has 1 N–H and O–H groups in total. The summed E-state index contributed by atoms with van der Waals surface area (Å²) in [5.74, 6) is 0.455. The van der Waals surface area contributed by atoms with Crippen LogP contribution in [0.4, 0.5) is 0 Å². The molecule has 1 aromatic carbocycles. The van der Waals surface area contributed by atoms with Crippen molar-refractivity contribution in [1.29, 1.82) is 0 Å². The quantitative estimate of drug-likeness (QED) is 0.864. The maximum Gasteiger partial charge on any atom is 0.313 e. The van der Waals surface area contributed by atoms with Crippen LogP contribution in [0.25, 0.3) is 16.5 Å². The Hall–Kier alpha value is -2.27. The lowest BCUT2D eigenvalue weighted by Gasteiger charge is -2.39. The van der Waals surface area contributed by atoms with Gasteiger partial charge in [-0.2, -0.15) is 0 Å². The van der Waals surface area contributed by atoms with Crippen LogP contribution in [0.3, 0.4) is 0 Å². The number of carbonyl (C=O) groups excluding carboxylic acids is 1.